The predicted molar refractivity (Wildman–Crippen MR) is 188 cm³/mol. The van der Waals surface area contributed by atoms with Crippen molar-refractivity contribution < 1.29 is 0 Å². The molecule has 0 aliphatic heterocycles. The molecule has 0 saturated heterocycles. The summed E-state index contributed by atoms with van der Waals surface area (Å²) < 4.78 is 0. The zero-order valence-corrected chi connectivity index (χ0v) is 24.0. The monoisotopic (exact) mass is 557 g/mol. The maximum atomic E-state index is 4.83. The van der Waals surface area contributed by atoms with Gasteiger partial charge in [-0.15, -0.1) is 0 Å². The largest absolute Gasteiger partial charge is 0.256 e. The topological polar surface area (TPSA) is 12.9 Å². The number of fused-ring (bicyclic) bond motifs is 5. The molecular weight excluding hydrogens is 530 g/mol. The Bertz CT molecular complexity index is 2500. The van der Waals surface area contributed by atoms with Crippen LogP contribution >= 0.6 is 0 Å². The van der Waals surface area contributed by atoms with Gasteiger partial charge in [-0.1, -0.05) is 140 Å². The van der Waals surface area contributed by atoms with Crippen molar-refractivity contribution in [3.8, 4) is 33.4 Å². The average molecular weight is 558 g/mol. The van der Waals surface area contributed by atoms with Crippen molar-refractivity contribution in [3.05, 3.63) is 164 Å². The fourth-order valence-electron chi connectivity index (χ4n) is 7.08. The molecule has 0 N–H and O–H groups in total. The van der Waals surface area contributed by atoms with Gasteiger partial charge < -0.3 is 0 Å². The van der Waals surface area contributed by atoms with Crippen LogP contribution in [0.4, 0.5) is 0 Å². The van der Waals surface area contributed by atoms with Crippen molar-refractivity contribution in [1.29, 1.82) is 0 Å². The first-order valence-electron chi connectivity index (χ1n) is 15.1. The molecule has 0 aliphatic rings. The number of rotatable bonds is 3. The molecule has 0 unspecified atom stereocenters. The van der Waals surface area contributed by atoms with E-state index in [1.165, 1.54) is 70.9 Å². The highest BCUT2D eigenvalue weighted by molar-refractivity contribution is 6.24. The van der Waals surface area contributed by atoms with Crippen LogP contribution in [0.5, 0.6) is 0 Å². The second kappa shape index (κ2) is 9.90. The van der Waals surface area contributed by atoms with Crippen LogP contribution in [-0.4, -0.2) is 4.98 Å². The normalized spacial score (nSPS) is 11.6. The number of hydrogen-bond donors (Lipinski definition) is 0. The van der Waals surface area contributed by atoms with E-state index in [2.05, 4.69) is 152 Å². The van der Waals surface area contributed by atoms with Gasteiger partial charge in [0.1, 0.15) is 0 Å². The Hall–Kier alpha value is -5.79. The number of aromatic nitrogens is 1. The van der Waals surface area contributed by atoms with Crippen molar-refractivity contribution >= 4 is 54.0 Å². The van der Waals surface area contributed by atoms with Crippen LogP contribution in [0, 0.1) is 0 Å². The van der Waals surface area contributed by atoms with Gasteiger partial charge in [-0.05, 0) is 89.1 Å². The van der Waals surface area contributed by atoms with Crippen LogP contribution < -0.4 is 0 Å². The van der Waals surface area contributed by atoms with Gasteiger partial charge in [0.15, 0.2) is 0 Å². The molecule has 0 saturated carbocycles. The summed E-state index contributed by atoms with van der Waals surface area (Å²) in [5.41, 5.74) is 8.37. The molecule has 0 amide bonds. The van der Waals surface area contributed by atoms with E-state index in [0.717, 1.165) is 16.5 Å². The van der Waals surface area contributed by atoms with Crippen molar-refractivity contribution in [2.24, 2.45) is 0 Å². The molecule has 8 aromatic carbocycles. The summed E-state index contributed by atoms with van der Waals surface area (Å²) in [5.74, 6) is 0. The average Bonchev–Trinajstić information content (AvgIpc) is 3.09. The Labute approximate surface area is 255 Å². The molecule has 0 aliphatic carbocycles. The van der Waals surface area contributed by atoms with E-state index in [9.17, 15) is 0 Å². The van der Waals surface area contributed by atoms with Crippen LogP contribution in [0.3, 0.4) is 0 Å². The van der Waals surface area contributed by atoms with Crippen molar-refractivity contribution in [2.75, 3.05) is 0 Å². The van der Waals surface area contributed by atoms with Gasteiger partial charge in [-0.3, -0.25) is 4.98 Å². The van der Waals surface area contributed by atoms with Gasteiger partial charge in [-0.2, -0.15) is 0 Å². The van der Waals surface area contributed by atoms with Crippen molar-refractivity contribution in [1.82, 2.24) is 4.98 Å². The first-order chi connectivity index (χ1) is 21.8. The van der Waals surface area contributed by atoms with E-state index in [1.807, 2.05) is 12.3 Å². The van der Waals surface area contributed by atoms with E-state index < -0.39 is 0 Å². The third-order valence-corrected chi connectivity index (χ3v) is 9.05. The number of para-hydroxylation sites is 1. The van der Waals surface area contributed by atoms with Gasteiger partial charge in [0.25, 0.3) is 0 Å². The second-order valence-corrected chi connectivity index (χ2v) is 11.5. The van der Waals surface area contributed by atoms with Gasteiger partial charge in [0.2, 0.25) is 0 Å². The highest BCUT2D eigenvalue weighted by atomic mass is 14.6. The van der Waals surface area contributed by atoms with Crippen LogP contribution in [-0.2, 0) is 0 Å². The molecular formula is C43H27N. The number of pyridine rings is 1. The van der Waals surface area contributed by atoms with E-state index in [-0.39, 0.29) is 0 Å². The van der Waals surface area contributed by atoms with Gasteiger partial charge in [-0.25, -0.2) is 0 Å². The molecule has 1 heterocycles. The van der Waals surface area contributed by atoms with E-state index in [1.54, 1.807) is 0 Å². The van der Waals surface area contributed by atoms with Crippen LogP contribution in [0.15, 0.2) is 164 Å². The third-order valence-electron chi connectivity index (χ3n) is 9.05. The SMILES string of the molecule is c1ccc2cc(-c3c4ccccc4c(-c4cccc5cccc(-c6cnc7ccccc7c6)c45)c4ccccc34)ccc2c1. The molecule has 0 bridgehead atoms. The molecule has 204 valence electrons. The number of benzene rings is 8. The summed E-state index contributed by atoms with van der Waals surface area (Å²) in [6.07, 6.45) is 2.02. The summed E-state index contributed by atoms with van der Waals surface area (Å²) in [5, 5.41) is 11.2. The molecule has 0 radical (unpaired) electrons. The van der Waals surface area contributed by atoms with Gasteiger partial charge in [0, 0.05) is 17.1 Å². The lowest BCUT2D eigenvalue weighted by atomic mass is 9.83. The van der Waals surface area contributed by atoms with Crippen molar-refractivity contribution in [2.45, 2.75) is 0 Å². The fourth-order valence-corrected chi connectivity index (χ4v) is 7.08. The molecule has 9 rings (SSSR count). The van der Waals surface area contributed by atoms with Gasteiger partial charge in [0.05, 0.1) is 5.52 Å². The minimum absolute atomic E-state index is 1.01. The summed E-state index contributed by atoms with van der Waals surface area (Å²) in [7, 11) is 0. The van der Waals surface area contributed by atoms with Crippen LogP contribution in [0.1, 0.15) is 0 Å². The number of nitrogens with zero attached hydrogens (tertiary/aromatic N) is 1. The number of hydrogen-bond acceptors (Lipinski definition) is 1. The molecule has 0 fully saturated rings. The zero-order valence-electron chi connectivity index (χ0n) is 24.0. The van der Waals surface area contributed by atoms with Crippen molar-refractivity contribution in [3.63, 3.8) is 0 Å². The molecule has 44 heavy (non-hydrogen) atoms. The summed E-state index contributed by atoms with van der Waals surface area (Å²) >= 11 is 0. The molecule has 0 atom stereocenters. The van der Waals surface area contributed by atoms with E-state index in [4.69, 9.17) is 4.98 Å². The summed E-state index contributed by atoms with van der Waals surface area (Å²) in [6, 6.07) is 57.3. The molecule has 9 aromatic rings. The first kappa shape index (κ1) is 24.8. The third kappa shape index (κ3) is 3.83. The lowest BCUT2D eigenvalue weighted by Gasteiger charge is -2.20. The maximum Gasteiger partial charge on any atom is 0.0702 e. The quantitative estimate of drug-likeness (QED) is 0.197. The maximum absolute atomic E-state index is 4.83. The smallest absolute Gasteiger partial charge is 0.0702 e. The van der Waals surface area contributed by atoms with E-state index >= 15 is 0 Å². The minimum Gasteiger partial charge on any atom is -0.256 e. The Balaban J connectivity index is 1.39. The molecule has 0 spiro atoms. The fraction of sp³-hybridized carbons (Fsp3) is 0. The molecule has 1 nitrogen and oxygen atoms in total. The lowest BCUT2D eigenvalue weighted by Crippen LogP contribution is -1.93. The first-order valence-corrected chi connectivity index (χ1v) is 15.1. The Morgan fingerprint density at radius 1 is 0.341 bits per heavy atom. The Morgan fingerprint density at radius 3 is 1.61 bits per heavy atom. The van der Waals surface area contributed by atoms with Crippen LogP contribution in [0.25, 0.3) is 87.4 Å². The Morgan fingerprint density at radius 2 is 0.886 bits per heavy atom. The Kier molecular flexibility index (Phi) is 5.57. The summed E-state index contributed by atoms with van der Waals surface area (Å²) in [4.78, 5) is 4.83. The highest BCUT2D eigenvalue weighted by Gasteiger charge is 2.19. The predicted octanol–water partition coefficient (Wildman–Crippen LogP) is 11.8. The lowest BCUT2D eigenvalue weighted by molar-refractivity contribution is 1.41. The highest BCUT2D eigenvalue weighted by Crippen LogP contribution is 2.47. The van der Waals surface area contributed by atoms with E-state index in [0.29, 0.717) is 0 Å². The standard InChI is InChI=1S/C43H27N/c1-2-12-30-25-32(24-23-28(30)11-1)42-35-16-4-6-18-37(35)43(38-19-7-5-17-36(38)42)39-21-10-15-29-14-9-20-34(41(29)39)33-26-31-13-3-8-22-40(31)44-27-33/h1-27H. The summed E-state index contributed by atoms with van der Waals surface area (Å²) in [6.45, 7) is 0. The zero-order chi connectivity index (χ0) is 29.0. The minimum atomic E-state index is 1.01. The second-order valence-electron chi connectivity index (χ2n) is 11.5. The van der Waals surface area contributed by atoms with Crippen LogP contribution in [0.2, 0.25) is 0 Å². The molecule has 1 heteroatoms. The molecule has 1 aromatic heterocycles. The van der Waals surface area contributed by atoms with Gasteiger partial charge >= 0.3 is 0 Å².